The van der Waals surface area contributed by atoms with E-state index in [-0.39, 0.29) is 0 Å². The van der Waals surface area contributed by atoms with Crippen LogP contribution in [0.3, 0.4) is 0 Å². The van der Waals surface area contributed by atoms with Gasteiger partial charge in [0.25, 0.3) is 0 Å². The molecule has 21 heavy (non-hydrogen) atoms. The average Bonchev–Trinajstić information content (AvgIpc) is 2.53. The Morgan fingerprint density at radius 2 is 1.29 bits per heavy atom. The van der Waals surface area contributed by atoms with Crippen molar-refractivity contribution in [3.63, 3.8) is 0 Å². The highest BCUT2D eigenvalue weighted by atomic mass is 14.0. The second-order valence-electron chi connectivity index (χ2n) is 6.22. The molecule has 0 radical (unpaired) electrons. The van der Waals surface area contributed by atoms with E-state index in [1.54, 1.807) is 0 Å². The molecule has 1 rings (SSSR count). The lowest BCUT2D eigenvalue weighted by Crippen LogP contribution is -1.82. The molecule has 0 N–H and O–H groups in total. The smallest absolute Gasteiger partial charge is 0.0231 e. The molecule has 0 bridgehead atoms. The molecule has 1 aromatic carbocycles. The van der Waals surface area contributed by atoms with Gasteiger partial charge in [0.15, 0.2) is 0 Å². The monoisotopic (exact) mass is 286 g/mol. The summed E-state index contributed by atoms with van der Waals surface area (Å²) in [6.07, 6.45) is 17.8. The van der Waals surface area contributed by atoms with Crippen LogP contribution in [0.4, 0.5) is 0 Å². The molecule has 0 nitrogen and oxygen atoms in total. The number of unbranched alkanes of at least 4 members (excludes halogenated alkanes) is 10. The van der Waals surface area contributed by atoms with E-state index in [1.165, 1.54) is 81.8 Å². The lowest BCUT2D eigenvalue weighted by Gasteiger charge is -2.03. The highest BCUT2D eigenvalue weighted by Gasteiger charge is 1.94. The maximum absolute atomic E-state index is 2.40. The molecule has 0 heterocycles. The molecule has 118 valence electrons. The van der Waals surface area contributed by atoms with Gasteiger partial charge in [-0.2, -0.15) is 0 Å². The van der Waals surface area contributed by atoms with Crippen molar-refractivity contribution in [1.29, 1.82) is 0 Å². The van der Waals surface area contributed by atoms with Gasteiger partial charge in [0.1, 0.15) is 0 Å². The first-order valence-electron chi connectivity index (χ1n) is 9.06. The Morgan fingerprint density at radius 3 is 1.86 bits per heavy atom. The average molecular weight is 287 g/mol. The molecule has 0 aliphatic carbocycles. The van der Waals surface area contributed by atoms with Crippen LogP contribution in [0.1, 0.15) is 90.0 Å². The Morgan fingerprint density at radius 1 is 0.762 bits per heavy atom. The van der Waals surface area contributed by atoms with E-state index >= 15 is 0 Å². The molecule has 0 heteroatoms. The SMILES string of the molecule is CCCCCCCCCCCCC=C(C)c1ccccc1. The zero-order valence-corrected chi connectivity index (χ0v) is 14.2. The van der Waals surface area contributed by atoms with Crippen LogP contribution >= 0.6 is 0 Å². The summed E-state index contributed by atoms with van der Waals surface area (Å²) in [5.74, 6) is 0. The minimum atomic E-state index is 1.23. The van der Waals surface area contributed by atoms with Gasteiger partial charge >= 0.3 is 0 Å². The van der Waals surface area contributed by atoms with Crippen molar-refractivity contribution in [3.05, 3.63) is 42.0 Å². The summed E-state index contributed by atoms with van der Waals surface area (Å²) in [6.45, 7) is 4.51. The van der Waals surface area contributed by atoms with Gasteiger partial charge in [0, 0.05) is 0 Å². The summed E-state index contributed by atoms with van der Waals surface area (Å²) in [4.78, 5) is 0. The number of benzene rings is 1. The van der Waals surface area contributed by atoms with Crippen LogP contribution in [0, 0.1) is 0 Å². The molecule has 0 spiro atoms. The molecular weight excluding hydrogens is 252 g/mol. The van der Waals surface area contributed by atoms with Crippen molar-refractivity contribution in [2.24, 2.45) is 0 Å². The lowest BCUT2D eigenvalue weighted by atomic mass is 10.0. The van der Waals surface area contributed by atoms with E-state index in [2.05, 4.69) is 50.3 Å². The fourth-order valence-corrected chi connectivity index (χ4v) is 2.77. The van der Waals surface area contributed by atoms with E-state index in [4.69, 9.17) is 0 Å². The molecular formula is C21H34. The normalized spacial score (nSPS) is 11.8. The number of rotatable bonds is 12. The largest absolute Gasteiger partial charge is 0.0810 e. The van der Waals surface area contributed by atoms with Crippen LogP contribution in [-0.2, 0) is 0 Å². The van der Waals surface area contributed by atoms with Crippen LogP contribution in [0.25, 0.3) is 5.57 Å². The molecule has 0 saturated heterocycles. The second-order valence-corrected chi connectivity index (χ2v) is 6.22. The van der Waals surface area contributed by atoms with Crippen LogP contribution in [0.2, 0.25) is 0 Å². The van der Waals surface area contributed by atoms with E-state index in [1.807, 2.05) is 0 Å². The third kappa shape index (κ3) is 9.50. The van der Waals surface area contributed by atoms with E-state index in [0.29, 0.717) is 0 Å². The summed E-state index contributed by atoms with van der Waals surface area (Å²) < 4.78 is 0. The molecule has 0 aromatic heterocycles. The number of allylic oxidation sites excluding steroid dienone is 2. The Labute approximate surface area is 132 Å². The van der Waals surface area contributed by atoms with Crippen LogP contribution in [0.5, 0.6) is 0 Å². The van der Waals surface area contributed by atoms with Gasteiger partial charge in [-0.1, -0.05) is 101 Å². The zero-order valence-electron chi connectivity index (χ0n) is 14.2. The topological polar surface area (TPSA) is 0 Å². The van der Waals surface area contributed by atoms with Crippen LogP contribution in [0.15, 0.2) is 36.4 Å². The maximum atomic E-state index is 2.40. The first kappa shape index (κ1) is 18.0. The predicted molar refractivity (Wildman–Crippen MR) is 96.6 cm³/mol. The van der Waals surface area contributed by atoms with Gasteiger partial charge in [0.05, 0.1) is 0 Å². The Hall–Kier alpha value is -1.04. The van der Waals surface area contributed by atoms with E-state index in [9.17, 15) is 0 Å². The summed E-state index contributed by atoms with van der Waals surface area (Å²) in [5, 5.41) is 0. The third-order valence-electron chi connectivity index (χ3n) is 4.24. The van der Waals surface area contributed by atoms with Crippen LogP contribution in [-0.4, -0.2) is 0 Å². The highest BCUT2D eigenvalue weighted by molar-refractivity contribution is 5.63. The molecule has 0 unspecified atom stereocenters. The van der Waals surface area contributed by atoms with Gasteiger partial charge in [0.2, 0.25) is 0 Å². The highest BCUT2D eigenvalue weighted by Crippen LogP contribution is 2.16. The molecule has 0 aliphatic rings. The van der Waals surface area contributed by atoms with Crippen molar-refractivity contribution in [3.8, 4) is 0 Å². The predicted octanol–water partition coefficient (Wildman–Crippen LogP) is 7.40. The molecule has 1 aromatic rings. The molecule has 0 fully saturated rings. The van der Waals surface area contributed by atoms with Crippen molar-refractivity contribution in [2.45, 2.75) is 84.5 Å². The molecule has 0 amide bonds. The standard InChI is InChI=1S/C21H34/c1-3-4-5-6-7-8-9-10-11-12-14-17-20(2)21-18-15-13-16-19-21/h13,15-19H,3-12,14H2,1-2H3. The zero-order chi connectivity index (χ0) is 15.2. The van der Waals surface area contributed by atoms with Crippen molar-refractivity contribution in [2.75, 3.05) is 0 Å². The Kier molecular flexibility index (Phi) is 10.9. The van der Waals surface area contributed by atoms with Crippen LogP contribution < -0.4 is 0 Å². The fraction of sp³-hybridized carbons (Fsp3) is 0.619. The minimum Gasteiger partial charge on any atom is -0.0810 e. The van der Waals surface area contributed by atoms with Crippen molar-refractivity contribution in [1.82, 2.24) is 0 Å². The van der Waals surface area contributed by atoms with E-state index < -0.39 is 0 Å². The number of hydrogen-bond donors (Lipinski definition) is 0. The van der Waals surface area contributed by atoms with Gasteiger partial charge in [-0.3, -0.25) is 0 Å². The summed E-state index contributed by atoms with van der Waals surface area (Å²) in [6, 6.07) is 10.7. The maximum Gasteiger partial charge on any atom is -0.0231 e. The Balaban J connectivity index is 1.95. The van der Waals surface area contributed by atoms with Crippen molar-refractivity contribution >= 4 is 5.57 Å². The summed E-state index contributed by atoms with van der Waals surface area (Å²) >= 11 is 0. The molecule has 0 aliphatic heterocycles. The van der Waals surface area contributed by atoms with Gasteiger partial charge in [-0.25, -0.2) is 0 Å². The van der Waals surface area contributed by atoms with Gasteiger partial charge in [-0.15, -0.1) is 0 Å². The second kappa shape index (κ2) is 12.7. The Bertz CT molecular complexity index is 361. The lowest BCUT2D eigenvalue weighted by molar-refractivity contribution is 0.557. The number of hydrogen-bond acceptors (Lipinski definition) is 0. The first-order chi connectivity index (χ1) is 10.3. The molecule has 0 saturated carbocycles. The third-order valence-corrected chi connectivity index (χ3v) is 4.24. The summed E-state index contributed by atoms with van der Waals surface area (Å²) in [5.41, 5.74) is 2.79. The van der Waals surface area contributed by atoms with E-state index in [0.717, 1.165) is 0 Å². The van der Waals surface area contributed by atoms with Gasteiger partial charge in [-0.05, 0) is 30.9 Å². The van der Waals surface area contributed by atoms with Crippen molar-refractivity contribution < 1.29 is 0 Å². The first-order valence-corrected chi connectivity index (χ1v) is 9.06. The minimum absolute atomic E-state index is 1.23. The quantitative estimate of drug-likeness (QED) is 0.351. The summed E-state index contributed by atoms with van der Waals surface area (Å²) in [7, 11) is 0. The fourth-order valence-electron chi connectivity index (χ4n) is 2.77. The molecule has 0 atom stereocenters. The van der Waals surface area contributed by atoms with Gasteiger partial charge < -0.3 is 0 Å².